The quantitative estimate of drug-likeness (QED) is 0.613. The van der Waals surface area contributed by atoms with E-state index in [1.807, 2.05) is 5.01 Å². The third-order valence-corrected chi connectivity index (χ3v) is 4.63. The molecule has 15 heavy (non-hydrogen) atoms. The molecule has 0 aliphatic carbocycles. The zero-order chi connectivity index (χ0) is 11.2. The van der Waals surface area contributed by atoms with Gasteiger partial charge in [0.2, 0.25) is 0 Å². The van der Waals surface area contributed by atoms with Crippen molar-refractivity contribution >= 4 is 0 Å². The highest BCUT2D eigenvalue weighted by Crippen LogP contribution is 2.39. The first-order valence-electron chi connectivity index (χ1n) is 6.13. The SMILES string of the molecule is CC1CC2CN(C)C(C)(C)CC2CN1N. The average molecular weight is 211 g/mol. The Morgan fingerprint density at radius 3 is 2.53 bits per heavy atom. The highest BCUT2D eigenvalue weighted by atomic mass is 15.4. The molecule has 2 N–H and O–H groups in total. The molecule has 0 aromatic heterocycles. The lowest BCUT2D eigenvalue weighted by molar-refractivity contribution is -0.0325. The Balaban J connectivity index is 2.08. The van der Waals surface area contributed by atoms with Gasteiger partial charge in [-0.15, -0.1) is 0 Å². The topological polar surface area (TPSA) is 32.5 Å². The molecule has 0 aromatic rings. The van der Waals surface area contributed by atoms with Crippen molar-refractivity contribution in [3.63, 3.8) is 0 Å². The van der Waals surface area contributed by atoms with Crippen molar-refractivity contribution in [2.45, 2.75) is 45.2 Å². The maximum absolute atomic E-state index is 6.03. The Labute approximate surface area is 93.6 Å². The number of nitrogens with two attached hydrogens (primary N) is 1. The van der Waals surface area contributed by atoms with E-state index in [-0.39, 0.29) is 0 Å². The van der Waals surface area contributed by atoms with Crippen LogP contribution in [-0.4, -0.2) is 41.6 Å². The van der Waals surface area contributed by atoms with Gasteiger partial charge in [0.25, 0.3) is 0 Å². The molecule has 2 fully saturated rings. The summed E-state index contributed by atoms with van der Waals surface area (Å²) < 4.78 is 0. The maximum atomic E-state index is 6.03. The monoisotopic (exact) mass is 211 g/mol. The Kier molecular flexibility index (Phi) is 2.82. The van der Waals surface area contributed by atoms with Crippen molar-refractivity contribution in [1.29, 1.82) is 0 Å². The van der Waals surface area contributed by atoms with Gasteiger partial charge in [0.05, 0.1) is 0 Å². The van der Waals surface area contributed by atoms with E-state index >= 15 is 0 Å². The van der Waals surface area contributed by atoms with Crippen molar-refractivity contribution in [2.24, 2.45) is 17.7 Å². The van der Waals surface area contributed by atoms with Gasteiger partial charge >= 0.3 is 0 Å². The van der Waals surface area contributed by atoms with E-state index in [1.54, 1.807) is 0 Å². The highest BCUT2D eigenvalue weighted by Gasteiger charge is 2.42. The summed E-state index contributed by atoms with van der Waals surface area (Å²) in [6.07, 6.45) is 2.55. The Hall–Kier alpha value is -0.120. The predicted octanol–water partition coefficient (Wildman–Crippen LogP) is 1.30. The van der Waals surface area contributed by atoms with E-state index < -0.39 is 0 Å². The molecule has 0 spiro atoms. The molecular formula is C12H25N3. The summed E-state index contributed by atoms with van der Waals surface area (Å²) in [5.41, 5.74) is 0.350. The van der Waals surface area contributed by atoms with Gasteiger partial charge in [-0.3, -0.25) is 5.84 Å². The molecule has 3 unspecified atom stereocenters. The maximum Gasteiger partial charge on any atom is 0.0216 e. The summed E-state index contributed by atoms with van der Waals surface area (Å²) in [5, 5.41) is 2.04. The van der Waals surface area contributed by atoms with Crippen LogP contribution < -0.4 is 5.84 Å². The minimum Gasteiger partial charge on any atom is -0.301 e. The molecule has 0 bridgehead atoms. The van der Waals surface area contributed by atoms with Crippen LogP contribution in [0.15, 0.2) is 0 Å². The second-order valence-electron chi connectivity index (χ2n) is 6.20. The number of hydrazine groups is 1. The highest BCUT2D eigenvalue weighted by molar-refractivity contribution is 4.95. The zero-order valence-electron chi connectivity index (χ0n) is 10.5. The number of fused-ring (bicyclic) bond motifs is 1. The first-order valence-corrected chi connectivity index (χ1v) is 6.13. The molecule has 0 amide bonds. The van der Waals surface area contributed by atoms with Crippen molar-refractivity contribution in [2.75, 3.05) is 20.1 Å². The van der Waals surface area contributed by atoms with Gasteiger partial charge in [-0.25, -0.2) is 5.01 Å². The van der Waals surface area contributed by atoms with Crippen LogP contribution in [0.4, 0.5) is 0 Å². The second-order valence-corrected chi connectivity index (χ2v) is 6.20. The second kappa shape index (κ2) is 3.72. The van der Waals surface area contributed by atoms with E-state index in [9.17, 15) is 0 Å². The normalized spacial score (nSPS) is 42.6. The van der Waals surface area contributed by atoms with Crippen LogP contribution >= 0.6 is 0 Å². The van der Waals surface area contributed by atoms with Crippen molar-refractivity contribution in [3.8, 4) is 0 Å². The largest absolute Gasteiger partial charge is 0.301 e. The number of hydrogen-bond donors (Lipinski definition) is 1. The summed E-state index contributed by atoms with van der Waals surface area (Å²) >= 11 is 0. The summed E-state index contributed by atoms with van der Waals surface area (Å²) in [6.45, 7) is 9.28. The summed E-state index contributed by atoms with van der Waals surface area (Å²) in [4.78, 5) is 2.52. The Morgan fingerprint density at radius 1 is 1.20 bits per heavy atom. The Bertz CT molecular complexity index is 239. The van der Waals surface area contributed by atoms with Crippen molar-refractivity contribution in [3.05, 3.63) is 0 Å². The predicted molar refractivity (Wildman–Crippen MR) is 63.3 cm³/mol. The standard InChI is InChI=1S/C12H25N3/c1-9-5-10-7-14(4)12(2,3)6-11(10)8-15(9)13/h9-11H,5-8,13H2,1-4H3. The molecule has 2 rings (SSSR count). The lowest BCUT2D eigenvalue weighted by Crippen LogP contribution is -2.59. The molecule has 0 radical (unpaired) electrons. The van der Waals surface area contributed by atoms with E-state index in [0.29, 0.717) is 11.6 Å². The first-order chi connectivity index (χ1) is 6.90. The fraction of sp³-hybridized carbons (Fsp3) is 1.00. The van der Waals surface area contributed by atoms with E-state index in [2.05, 4.69) is 32.7 Å². The van der Waals surface area contributed by atoms with Gasteiger partial charge < -0.3 is 4.90 Å². The summed E-state index contributed by atoms with van der Waals surface area (Å²) in [5.74, 6) is 7.69. The third-order valence-electron chi connectivity index (χ3n) is 4.63. The number of hydrogen-bond acceptors (Lipinski definition) is 3. The van der Waals surface area contributed by atoms with Crippen molar-refractivity contribution in [1.82, 2.24) is 9.91 Å². The van der Waals surface area contributed by atoms with Crippen LogP contribution in [0.3, 0.4) is 0 Å². The minimum atomic E-state index is 0.350. The average Bonchev–Trinajstić information content (AvgIpc) is 2.11. The van der Waals surface area contributed by atoms with Gasteiger partial charge in [-0.2, -0.15) is 0 Å². The van der Waals surface area contributed by atoms with Gasteiger partial charge in [0.1, 0.15) is 0 Å². The molecular weight excluding hydrogens is 186 g/mol. The number of rotatable bonds is 0. The third kappa shape index (κ3) is 2.05. The fourth-order valence-electron chi connectivity index (χ4n) is 3.22. The van der Waals surface area contributed by atoms with Gasteiger partial charge in [0.15, 0.2) is 0 Å². The van der Waals surface area contributed by atoms with Crippen LogP contribution in [0.2, 0.25) is 0 Å². The molecule has 2 aliphatic heterocycles. The molecule has 2 aliphatic rings. The minimum absolute atomic E-state index is 0.350. The Morgan fingerprint density at radius 2 is 1.87 bits per heavy atom. The van der Waals surface area contributed by atoms with E-state index in [0.717, 1.165) is 18.4 Å². The molecule has 3 nitrogen and oxygen atoms in total. The molecule has 88 valence electrons. The first kappa shape index (κ1) is 11.4. The van der Waals surface area contributed by atoms with Crippen LogP contribution in [0.5, 0.6) is 0 Å². The van der Waals surface area contributed by atoms with Crippen LogP contribution in [0.25, 0.3) is 0 Å². The number of piperidine rings is 2. The zero-order valence-corrected chi connectivity index (χ0v) is 10.5. The summed E-state index contributed by atoms with van der Waals surface area (Å²) in [7, 11) is 2.26. The molecule has 2 heterocycles. The van der Waals surface area contributed by atoms with Crippen LogP contribution in [0, 0.1) is 11.8 Å². The number of likely N-dealkylation sites (tertiary alicyclic amines) is 1. The van der Waals surface area contributed by atoms with Gasteiger partial charge in [-0.1, -0.05) is 0 Å². The number of nitrogens with zero attached hydrogens (tertiary/aromatic N) is 2. The fourth-order valence-corrected chi connectivity index (χ4v) is 3.22. The molecule has 3 heteroatoms. The van der Waals surface area contributed by atoms with E-state index in [1.165, 1.54) is 19.4 Å². The van der Waals surface area contributed by atoms with Crippen LogP contribution in [-0.2, 0) is 0 Å². The van der Waals surface area contributed by atoms with E-state index in [4.69, 9.17) is 5.84 Å². The lowest BCUT2D eigenvalue weighted by atomic mass is 9.72. The lowest BCUT2D eigenvalue weighted by Gasteiger charge is -2.52. The van der Waals surface area contributed by atoms with Gasteiger partial charge in [-0.05, 0) is 52.5 Å². The molecule has 0 aromatic carbocycles. The molecule has 0 saturated carbocycles. The van der Waals surface area contributed by atoms with Crippen LogP contribution in [0.1, 0.15) is 33.6 Å². The van der Waals surface area contributed by atoms with Gasteiger partial charge in [0, 0.05) is 24.7 Å². The summed E-state index contributed by atoms with van der Waals surface area (Å²) in [6, 6.07) is 0.556. The molecule has 2 saturated heterocycles. The smallest absolute Gasteiger partial charge is 0.0216 e. The van der Waals surface area contributed by atoms with Crippen molar-refractivity contribution < 1.29 is 0 Å². The molecule has 3 atom stereocenters.